The highest BCUT2D eigenvalue weighted by molar-refractivity contribution is 5.95. The van der Waals surface area contributed by atoms with Crippen LogP contribution in [0.5, 0.6) is 5.75 Å². The van der Waals surface area contributed by atoms with E-state index in [1.165, 1.54) is 14.0 Å². The molecule has 0 radical (unpaired) electrons. The zero-order valence-corrected chi connectivity index (χ0v) is 14.3. The van der Waals surface area contributed by atoms with E-state index in [2.05, 4.69) is 5.32 Å². The number of hydrogen-bond acceptors (Lipinski definition) is 5. The second-order valence-corrected chi connectivity index (χ2v) is 6.05. The molecular formula is C17H22N2O6. The normalized spacial score (nSPS) is 16.4. The number of methoxy groups -OCH3 is 1. The molecule has 8 heteroatoms. The van der Waals surface area contributed by atoms with E-state index in [1.54, 1.807) is 29.2 Å². The fraction of sp³-hybridized carbons (Fsp3) is 0.471. The van der Waals surface area contributed by atoms with Crippen molar-refractivity contribution in [3.63, 3.8) is 0 Å². The van der Waals surface area contributed by atoms with Crippen LogP contribution in [-0.2, 0) is 19.1 Å². The van der Waals surface area contributed by atoms with Crippen molar-refractivity contribution >= 4 is 23.5 Å². The number of carbonyl (C=O) groups excluding carboxylic acids is 2. The molecule has 1 saturated heterocycles. The minimum absolute atomic E-state index is 0.0617. The van der Waals surface area contributed by atoms with Gasteiger partial charge in [-0.15, -0.1) is 0 Å². The summed E-state index contributed by atoms with van der Waals surface area (Å²) in [4.78, 5) is 36.7. The third kappa shape index (κ3) is 4.69. The van der Waals surface area contributed by atoms with Crippen molar-refractivity contribution < 1.29 is 29.0 Å². The Bertz CT molecular complexity index is 662. The van der Waals surface area contributed by atoms with Crippen molar-refractivity contribution in [1.82, 2.24) is 5.32 Å². The number of hydrogen-bond donors (Lipinski definition) is 2. The van der Waals surface area contributed by atoms with Crippen LogP contribution in [0.3, 0.4) is 0 Å². The average molecular weight is 350 g/mol. The molecule has 1 unspecified atom stereocenters. The van der Waals surface area contributed by atoms with Gasteiger partial charge in [0.1, 0.15) is 5.75 Å². The van der Waals surface area contributed by atoms with E-state index >= 15 is 0 Å². The van der Waals surface area contributed by atoms with Gasteiger partial charge in [0.2, 0.25) is 5.91 Å². The molecule has 1 fully saturated rings. The Morgan fingerprint density at radius 3 is 2.76 bits per heavy atom. The van der Waals surface area contributed by atoms with Crippen LogP contribution in [0.4, 0.5) is 5.69 Å². The van der Waals surface area contributed by atoms with Crippen LogP contribution in [0.25, 0.3) is 0 Å². The molecule has 1 atom stereocenters. The lowest BCUT2D eigenvalue weighted by Crippen LogP contribution is -2.56. The van der Waals surface area contributed by atoms with Gasteiger partial charge < -0.3 is 24.8 Å². The van der Waals surface area contributed by atoms with Crippen LogP contribution < -0.4 is 15.0 Å². The molecule has 136 valence electrons. The van der Waals surface area contributed by atoms with E-state index in [9.17, 15) is 19.5 Å². The number of benzene rings is 1. The van der Waals surface area contributed by atoms with Gasteiger partial charge in [-0.05, 0) is 25.5 Å². The first kappa shape index (κ1) is 18.7. The van der Waals surface area contributed by atoms with Crippen LogP contribution in [0.1, 0.15) is 19.8 Å². The Morgan fingerprint density at radius 1 is 1.40 bits per heavy atom. The van der Waals surface area contributed by atoms with E-state index in [0.717, 1.165) is 12.1 Å². The van der Waals surface area contributed by atoms with E-state index in [0.29, 0.717) is 18.7 Å². The molecule has 2 N–H and O–H groups in total. The van der Waals surface area contributed by atoms with Gasteiger partial charge in [0, 0.05) is 31.8 Å². The van der Waals surface area contributed by atoms with E-state index in [4.69, 9.17) is 9.47 Å². The molecule has 25 heavy (non-hydrogen) atoms. The van der Waals surface area contributed by atoms with Crippen LogP contribution >= 0.6 is 0 Å². The van der Waals surface area contributed by atoms with Gasteiger partial charge in [0.05, 0.1) is 6.61 Å². The first-order valence-corrected chi connectivity index (χ1v) is 7.92. The average Bonchev–Trinajstić information content (AvgIpc) is 2.99. The second-order valence-electron chi connectivity index (χ2n) is 6.05. The van der Waals surface area contributed by atoms with Gasteiger partial charge in [-0.2, -0.15) is 0 Å². The standard InChI is InChI=1S/C17H22N2O6/c1-17(11-24-2,16(22)23)18-14(20)10-25-13-6-3-5-12(9-13)19-8-4-7-15(19)21/h3,5-6,9H,4,7-8,10-11H2,1-2H3,(H,18,20)(H,22,23). The van der Waals surface area contributed by atoms with Crippen LogP contribution in [0.2, 0.25) is 0 Å². The van der Waals surface area contributed by atoms with Gasteiger partial charge in [-0.3, -0.25) is 9.59 Å². The van der Waals surface area contributed by atoms with Crippen molar-refractivity contribution in [3.8, 4) is 5.75 Å². The largest absolute Gasteiger partial charge is 0.484 e. The number of ether oxygens (including phenoxy) is 2. The maximum absolute atomic E-state index is 12.0. The highest BCUT2D eigenvalue weighted by atomic mass is 16.5. The topological polar surface area (TPSA) is 105 Å². The molecule has 0 spiro atoms. The number of carboxylic acid groups (broad SMARTS) is 1. The monoisotopic (exact) mass is 350 g/mol. The number of anilines is 1. The lowest BCUT2D eigenvalue weighted by atomic mass is 10.0. The first-order chi connectivity index (χ1) is 11.9. The number of rotatable bonds is 8. The molecule has 0 aliphatic carbocycles. The SMILES string of the molecule is COCC(C)(NC(=O)COc1cccc(N2CCCC2=O)c1)C(=O)O. The molecule has 1 heterocycles. The van der Waals surface area contributed by atoms with Gasteiger partial charge in [0.25, 0.3) is 5.91 Å². The number of aliphatic carboxylic acids is 1. The van der Waals surface area contributed by atoms with Crippen molar-refractivity contribution in [1.29, 1.82) is 0 Å². The Kier molecular flexibility index (Phi) is 5.97. The number of carboxylic acids is 1. The minimum Gasteiger partial charge on any atom is -0.484 e. The van der Waals surface area contributed by atoms with Gasteiger partial charge >= 0.3 is 5.97 Å². The Balaban J connectivity index is 1.95. The summed E-state index contributed by atoms with van der Waals surface area (Å²) in [5, 5.41) is 11.6. The van der Waals surface area contributed by atoms with E-state index in [1.807, 2.05) is 0 Å². The van der Waals surface area contributed by atoms with E-state index < -0.39 is 17.4 Å². The number of carbonyl (C=O) groups is 3. The summed E-state index contributed by atoms with van der Waals surface area (Å²) in [6, 6.07) is 6.89. The highest BCUT2D eigenvalue weighted by Gasteiger charge is 2.35. The van der Waals surface area contributed by atoms with Crippen molar-refractivity contribution in [3.05, 3.63) is 24.3 Å². The van der Waals surface area contributed by atoms with Crippen LogP contribution in [0, 0.1) is 0 Å². The summed E-state index contributed by atoms with van der Waals surface area (Å²) < 4.78 is 10.3. The van der Waals surface area contributed by atoms with Crippen molar-refractivity contribution in [2.75, 3.05) is 31.8 Å². The first-order valence-electron chi connectivity index (χ1n) is 7.92. The summed E-state index contributed by atoms with van der Waals surface area (Å²) >= 11 is 0. The number of nitrogens with one attached hydrogen (secondary N) is 1. The second kappa shape index (κ2) is 7.98. The molecule has 1 aliphatic rings. The molecule has 0 saturated carbocycles. The van der Waals surface area contributed by atoms with Crippen LogP contribution in [0.15, 0.2) is 24.3 Å². The lowest BCUT2D eigenvalue weighted by molar-refractivity contribution is -0.149. The smallest absolute Gasteiger partial charge is 0.331 e. The predicted octanol–water partition coefficient (Wildman–Crippen LogP) is 0.798. The molecule has 2 rings (SSSR count). The molecule has 1 aromatic carbocycles. The fourth-order valence-electron chi connectivity index (χ4n) is 2.59. The van der Waals surface area contributed by atoms with Crippen molar-refractivity contribution in [2.45, 2.75) is 25.3 Å². The molecule has 8 nitrogen and oxygen atoms in total. The minimum atomic E-state index is -1.53. The molecule has 1 aliphatic heterocycles. The summed E-state index contributed by atoms with van der Waals surface area (Å²) in [5.41, 5.74) is -0.811. The Hall–Kier alpha value is -2.61. The predicted molar refractivity (Wildman–Crippen MR) is 89.6 cm³/mol. The Morgan fingerprint density at radius 2 is 2.16 bits per heavy atom. The Labute approximate surface area is 145 Å². The van der Waals surface area contributed by atoms with Crippen LogP contribution in [-0.4, -0.2) is 55.3 Å². The molecular weight excluding hydrogens is 328 g/mol. The molecule has 1 aromatic rings. The number of amides is 2. The van der Waals surface area contributed by atoms with Gasteiger partial charge in [0.15, 0.2) is 12.1 Å². The highest BCUT2D eigenvalue weighted by Crippen LogP contribution is 2.25. The van der Waals surface area contributed by atoms with Gasteiger partial charge in [-0.25, -0.2) is 4.79 Å². The lowest BCUT2D eigenvalue weighted by Gasteiger charge is -2.25. The molecule has 2 amide bonds. The van der Waals surface area contributed by atoms with Crippen molar-refractivity contribution in [2.24, 2.45) is 0 Å². The number of nitrogens with zero attached hydrogens (tertiary/aromatic N) is 1. The quantitative estimate of drug-likeness (QED) is 0.718. The molecule has 0 aromatic heterocycles. The zero-order chi connectivity index (χ0) is 18.4. The molecule has 0 bridgehead atoms. The zero-order valence-electron chi connectivity index (χ0n) is 14.3. The summed E-state index contributed by atoms with van der Waals surface area (Å²) in [6.07, 6.45) is 1.35. The maximum Gasteiger partial charge on any atom is 0.331 e. The summed E-state index contributed by atoms with van der Waals surface area (Å²) in [5.74, 6) is -1.29. The van der Waals surface area contributed by atoms with E-state index in [-0.39, 0.29) is 19.1 Å². The summed E-state index contributed by atoms with van der Waals surface area (Å²) in [7, 11) is 1.36. The fourth-order valence-corrected chi connectivity index (χ4v) is 2.59. The maximum atomic E-state index is 12.0. The third-order valence-corrected chi connectivity index (χ3v) is 3.89. The van der Waals surface area contributed by atoms with Gasteiger partial charge in [-0.1, -0.05) is 6.07 Å². The summed E-state index contributed by atoms with van der Waals surface area (Å²) in [6.45, 7) is 1.51. The third-order valence-electron chi connectivity index (χ3n) is 3.89.